The molecule has 2 rings (SSSR count). The predicted octanol–water partition coefficient (Wildman–Crippen LogP) is 1.60. The highest BCUT2D eigenvalue weighted by atomic mass is 16.5. The van der Waals surface area contributed by atoms with Gasteiger partial charge in [-0.25, -0.2) is 4.79 Å². The molecule has 1 aromatic heterocycles. The predicted molar refractivity (Wildman–Crippen MR) is 59.6 cm³/mol. The van der Waals surface area contributed by atoms with Crippen LogP contribution in [-0.4, -0.2) is 18.1 Å². The number of nitrogens with one attached hydrogen (secondary N) is 1. The van der Waals surface area contributed by atoms with Crippen LogP contribution >= 0.6 is 0 Å². The number of H-pyrrole nitrogens is 1. The molecule has 1 aliphatic rings. The SMILES string of the molecule is COC(=O)c1ccc(=O)[nH]c1C1(C)CCC1. The van der Waals surface area contributed by atoms with Gasteiger partial charge in [-0.3, -0.25) is 4.79 Å². The summed E-state index contributed by atoms with van der Waals surface area (Å²) < 4.78 is 4.72. The largest absolute Gasteiger partial charge is 0.465 e. The van der Waals surface area contributed by atoms with E-state index >= 15 is 0 Å². The van der Waals surface area contributed by atoms with Crippen LogP contribution in [0.1, 0.15) is 42.2 Å². The Morgan fingerprint density at radius 1 is 1.44 bits per heavy atom. The molecule has 0 saturated heterocycles. The highest BCUT2D eigenvalue weighted by Gasteiger charge is 2.37. The maximum Gasteiger partial charge on any atom is 0.339 e. The van der Waals surface area contributed by atoms with Crippen molar-refractivity contribution in [2.24, 2.45) is 0 Å². The van der Waals surface area contributed by atoms with Crippen molar-refractivity contribution < 1.29 is 9.53 Å². The van der Waals surface area contributed by atoms with Gasteiger partial charge in [-0.05, 0) is 18.9 Å². The number of methoxy groups -OCH3 is 1. The summed E-state index contributed by atoms with van der Waals surface area (Å²) in [5.41, 5.74) is 0.947. The fourth-order valence-electron chi connectivity index (χ4n) is 2.19. The van der Waals surface area contributed by atoms with Gasteiger partial charge in [0.15, 0.2) is 0 Å². The van der Waals surface area contributed by atoms with E-state index in [1.807, 2.05) is 0 Å². The second-order valence-corrected chi connectivity index (χ2v) is 4.52. The van der Waals surface area contributed by atoms with Gasteiger partial charge in [0.05, 0.1) is 12.7 Å². The van der Waals surface area contributed by atoms with Crippen LogP contribution in [0.15, 0.2) is 16.9 Å². The number of aromatic amines is 1. The van der Waals surface area contributed by atoms with Crippen LogP contribution in [-0.2, 0) is 10.2 Å². The zero-order chi connectivity index (χ0) is 11.8. The highest BCUT2D eigenvalue weighted by molar-refractivity contribution is 5.90. The molecule has 0 amide bonds. The average Bonchev–Trinajstić information content (AvgIpc) is 2.24. The van der Waals surface area contributed by atoms with Crippen molar-refractivity contribution in [2.75, 3.05) is 7.11 Å². The summed E-state index contributed by atoms with van der Waals surface area (Å²) in [6.07, 6.45) is 3.13. The molecular formula is C12H15NO3. The van der Waals surface area contributed by atoms with Crippen LogP contribution in [0.4, 0.5) is 0 Å². The lowest BCUT2D eigenvalue weighted by molar-refractivity contribution is 0.0594. The number of esters is 1. The van der Waals surface area contributed by atoms with Crippen LogP contribution < -0.4 is 5.56 Å². The number of carbonyl (C=O) groups is 1. The van der Waals surface area contributed by atoms with Crippen molar-refractivity contribution in [3.63, 3.8) is 0 Å². The lowest BCUT2D eigenvalue weighted by Crippen LogP contribution is -2.35. The third-order valence-electron chi connectivity index (χ3n) is 3.38. The molecule has 0 spiro atoms. The molecule has 16 heavy (non-hydrogen) atoms. The Labute approximate surface area is 93.6 Å². The first-order chi connectivity index (χ1) is 7.57. The van der Waals surface area contributed by atoms with Crippen LogP contribution in [0, 0.1) is 0 Å². The zero-order valence-electron chi connectivity index (χ0n) is 9.50. The minimum Gasteiger partial charge on any atom is -0.465 e. The van der Waals surface area contributed by atoms with Gasteiger partial charge in [-0.15, -0.1) is 0 Å². The van der Waals surface area contributed by atoms with E-state index in [2.05, 4.69) is 11.9 Å². The standard InChI is InChI=1S/C12H15NO3/c1-12(6-3-7-12)10-8(11(15)16-2)4-5-9(14)13-10/h4-5H,3,6-7H2,1-2H3,(H,13,14). The first-order valence-electron chi connectivity index (χ1n) is 5.39. The molecule has 0 atom stereocenters. The Kier molecular flexibility index (Phi) is 2.58. The summed E-state index contributed by atoms with van der Waals surface area (Å²) in [7, 11) is 1.35. The second kappa shape index (κ2) is 3.77. The van der Waals surface area contributed by atoms with E-state index in [4.69, 9.17) is 4.74 Å². The number of hydrogen-bond donors (Lipinski definition) is 1. The summed E-state index contributed by atoms with van der Waals surface area (Å²) in [5, 5.41) is 0. The highest BCUT2D eigenvalue weighted by Crippen LogP contribution is 2.43. The second-order valence-electron chi connectivity index (χ2n) is 4.52. The van der Waals surface area contributed by atoms with Crippen molar-refractivity contribution in [3.05, 3.63) is 33.7 Å². The summed E-state index contributed by atoms with van der Waals surface area (Å²) in [6, 6.07) is 2.90. The zero-order valence-corrected chi connectivity index (χ0v) is 9.50. The first kappa shape index (κ1) is 10.9. The van der Waals surface area contributed by atoms with E-state index in [9.17, 15) is 9.59 Å². The Morgan fingerprint density at radius 2 is 2.12 bits per heavy atom. The molecule has 1 saturated carbocycles. The van der Waals surface area contributed by atoms with Crippen LogP contribution in [0.2, 0.25) is 0 Å². The maximum atomic E-state index is 11.6. The van der Waals surface area contributed by atoms with Crippen LogP contribution in [0.25, 0.3) is 0 Å². The molecule has 0 unspecified atom stereocenters. The lowest BCUT2D eigenvalue weighted by Gasteiger charge is -2.39. The first-order valence-corrected chi connectivity index (χ1v) is 5.39. The monoisotopic (exact) mass is 221 g/mol. The quantitative estimate of drug-likeness (QED) is 0.772. The van der Waals surface area contributed by atoms with Crippen LogP contribution in [0.3, 0.4) is 0 Å². The Hall–Kier alpha value is -1.58. The van der Waals surface area contributed by atoms with E-state index in [-0.39, 0.29) is 16.9 Å². The molecule has 1 N–H and O–H groups in total. The van der Waals surface area contributed by atoms with E-state index in [0.717, 1.165) is 25.0 Å². The summed E-state index contributed by atoms with van der Waals surface area (Å²) in [5.74, 6) is -0.389. The number of aromatic nitrogens is 1. The van der Waals surface area contributed by atoms with E-state index in [1.54, 1.807) is 6.07 Å². The molecule has 0 aromatic carbocycles. The van der Waals surface area contributed by atoms with E-state index in [0.29, 0.717) is 5.56 Å². The fraction of sp³-hybridized carbons (Fsp3) is 0.500. The van der Waals surface area contributed by atoms with Crippen molar-refractivity contribution in [2.45, 2.75) is 31.6 Å². The molecule has 1 aromatic rings. The molecular weight excluding hydrogens is 206 g/mol. The van der Waals surface area contributed by atoms with Crippen LogP contribution in [0.5, 0.6) is 0 Å². The van der Waals surface area contributed by atoms with E-state index < -0.39 is 0 Å². The summed E-state index contributed by atoms with van der Waals surface area (Å²) in [4.78, 5) is 25.7. The minimum absolute atomic E-state index is 0.0794. The van der Waals surface area contributed by atoms with Gasteiger partial charge < -0.3 is 9.72 Å². The Bertz CT molecular complexity index is 471. The Balaban J connectivity index is 2.52. The number of pyridine rings is 1. The molecule has 4 heteroatoms. The molecule has 4 nitrogen and oxygen atoms in total. The minimum atomic E-state index is -0.389. The number of hydrogen-bond acceptors (Lipinski definition) is 3. The van der Waals surface area contributed by atoms with E-state index in [1.165, 1.54) is 13.2 Å². The molecule has 0 bridgehead atoms. The van der Waals surface area contributed by atoms with Crippen molar-refractivity contribution in [1.29, 1.82) is 0 Å². The maximum absolute atomic E-state index is 11.6. The topological polar surface area (TPSA) is 59.2 Å². The number of carbonyl (C=O) groups excluding carboxylic acids is 1. The smallest absolute Gasteiger partial charge is 0.339 e. The molecule has 0 radical (unpaired) electrons. The van der Waals surface area contributed by atoms with Gasteiger partial charge >= 0.3 is 5.97 Å². The average molecular weight is 221 g/mol. The van der Waals surface area contributed by atoms with Gasteiger partial charge in [-0.2, -0.15) is 0 Å². The number of ether oxygens (including phenoxy) is 1. The summed E-state index contributed by atoms with van der Waals surface area (Å²) in [6.45, 7) is 2.06. The third kappa shape index (κ3) is 1.64. The number of rotatable bonds is 2. The van der Waals surface area contributed by atoms with Gasteiger partial charge in [0, 0.05) is 17.2 Å². The van der Waals surface area contributed by atoms with Crippen molar-refractivity contribution in [1.82, 2.24) is 4.98 Å². The van der Waals surface area contributed by atoms with Crippen molar-refractivity contribution >= 4 is 5.97 Å². The fourth-order valence-corrected chi connectivity index (χ4v) is 2.19. The molecule has 1 aliphatic carbocycles. The molecule has 0 aliphatic heterocycles. The molecule has 1 fully saturated rings. The molecule has 86 valence electrons. The lowest BCUT2D eigenvalue weighted by atomic mass is 9.67. The summed E-state index contributed by atoms with van der Waals surface area (Å²) >= 11 is 0. The van der Waals surface area contributed by atoms with Gasteiger partial charge in [0.25, 0.3) is 0 Å². The Morgan fingerprint density at radius 3 is 2.62 bits per heavy atom. The van der Waals surface area contributed by atoms with Crippen molar-refractivity contribution in [3.8, 4) is 0 Å². The third-order valence-corrected chi connectivity index (χ3v) is 3.38. The molecule has 1 heterocycles. The van der Waals surface area contributed by atoms with Gasteiger partial charge in [0.1, 0.15) is 0 Å². The van der Waals surface area contributed by atoms with Gasteiger partial charge in [0.2, 0.25) is 5.56 Å². The normalized spacial score (nSPS) is 17.6. The van der Waals surface area contributed by atoms with Gasteiger partial charge in [-0.1, -0.05) is 13.3 Å².